The number of unbranched alkanes of at least 4 members (excludes halogenated alkanes) is 3. The number of anilines is 3. The molecule has 2 amide bonds. The number of nitrogens with zero attached hydrogens (tertiary/aromatic N) is 2. The number of carbonyl (C=O) groups is 2. The summed E-state index contributed by atoms with van der Waals surface area (Å²) >= 11 is 6.39. The zero-order valence-electron chi connectivity index (χ0n) is 31.3. The highest BCUT2D eigenvalue weighted by Gasteiger charge is 2.21. The zero-order valence-corrected chi connectivity index (χ0v) is 32.9. The Bertz CT molecular complexity index is 2430. The van der Waals surface area contributed by atoms with Crippen LogP contribution in [-0.4, -0.2) is 49.8 Å². The molecule has 1 aliphatic rings. The molecule has 1 aliphatic heterocycles. The third-order valence-corrected chi connectivity index (χ3v) is 12.1. The molecular weight excluding hydrogens is 744 g/mol. The fourth-order valence-corrected chi connectivity index (χ4v) is 8.62. The largest absolute Gasteiger partial charge is 0.356 e. The number of aromatic nitrogens is 2. The number of halogens is 1. The maximum Gasteiger partial charge on any atom is 0.240 e. The van der Waals surface area contributed by atoms with E-state index < -0.39 is 10.0 Å². The summed E-state index contributed by atoms with van der Waals surface area (Å²) in [6.45, 7) is 1.50. The molecule has 0 atom stereocenters. The number of sulfonamides is 1. The van der Waals surface area contributed by atoms with Gasteiger partial charge in [-0.3, -0.25) is 14.6 Å². The molecule has 0 saturated heterocycles. The Morgan fingerprint density at radius 1 is 0.750 bits per heavy atom. The summed E-state index contributed by atoms with van der Waals surface area (Å²) in [5.74, 6) is -0.0838. The number of aromatic amines is 1. The number of pyridine rings is 1. The minimum absolute atomic E-state index is 0.0344. The van der Waals surface area contributed by atoms with Crippen LogP contribution in [0.3, 0.4) is 0 Å². The van der Waals surface area contributed by atoms with Crippen LogP contribution < -0.4 is 20.3 Å². The van der Waals surface area contributed by atoms with Crippen LogP contribution in [0.15, 0.2) is 108 Å². The molecule has 0 aliphatic carbocycles. The Labute approximate surface area is 333 Å². The van der Waals surface area contributed by atoms with Crippen molar-refractivity contribution in [1.29, 1.82) is 0 Å². The summed E-state index contributed by atoms with van der Waals surface area (Å²) in [7, 11) is -3.73. The standard InChI is InChI=1S/C44H47ClN6O4S/c45-34-16-15-33-14-13-32-8-4-5-9-41(32)51(42(33)29-34)27-7-25-48-56(54,55)36-19-17-35(18-20-36)49-44(53)10-3-1-2-6-24-47-43(52)22-12-31-11-21-37-38-30-46-26-23-39(38)50-40(37)28-31/h4-5,8-9,11,15-21,23,26,28-30,48,50H,1-3,6-7,10,12-14,22,24-25,27H2,(H,47,52)(H,49,53). The Hall–Kier alpha value is -5.23. The molecule has 0 unspecified atom stereocenters. The number of nitrogens with one attached hydrogen (secondary N) is 4. The fraction of sp³-hybridized carbons (Fsp3) is 0.295. The number of para-hydroxylation sites is 1. The molecule has 12 heteroatoms. The van der Waals surface area contributed by atoms with Gasteiger partial charge in [-0.15, -0.1) is 0 Å². The average molecular weight is 791 g/mol. The van der Waals surface area contributed by atoms with E-state index in [2.05, 4.69) is 66.6 Å². The van der Waals surface area contributed by atoms with Crippen molar-refractivity contribution >= 4 is 72.3 Å². The minimum atomic E-state index is -3.73. The van der Waals surface area contributed by atoms with E-state index in [0.29, 0.717) is 49.5 Å². The first-order valence-electron chi connectivity index (χ1n) is 19.4. The van der Waals surface area contributed by atoms with Crippen molar-refractivity contribution in [3.8, 4) is 0 Å². The van der Waals surface area contributed by atoms with Gasteiger partial charge in [0.25, 0.3) is 0 Å². The molecule has 290 valence electrons. The lowest BCUT2D eigenvalue weighted by Gasteiger charge is -2.27. The van der Waals surface area contributed by atoms with Gasteiger partial charge in [0.1, 0.15) is 0 Å². The van der Waals surface area contributed by atoms with Crippen molar-refractivity contribution in [3.05, 3.63) is 125 Å². The van der Waals surface area contributed by atoms with Gasteiger partial charge >= 0.3 is 0 Å². The van der Waals surface area contributed by atoms with Gasteiger partial charge in [-0.2, -0.15) is 0 Å². The van der Waals surface area contributed by atoms with E-state index in [1.54, 1.807) is 18.3 Å². The number of rotatable bonds is 17. The highest BCUT2D eigenvalue weighted by molar-refractivity contribution is 7.89. The van der Waals surface area contributed by atoms with Crippen LogP contribution >= 0.6 is 11.6 Å². The van der Waals surface area contributed by atoms with Crippen LogP contribution in [-0.2, 0) is 38.9 Å². The smallest absolute Gasteiger partial charge is 0.240 e. The molecule has 3 heterocycles. The van der Waals surface area contributed by atoms with Crippen molar-refractivity contribution in [2.75, 3.05) is 29.9 Å². The van der Waals surface area contributed by atoms with Gasteiger partial charge in [-0.05, 0) is 110 Å². The Balaban J connectivity index is 0.773. The first kappa shape index (κ1) is 39.0. The summed E-state index contributed by atoms with van der Waals surface area (Å²) < 4.78 is 28.9. The van der Waals surface area contributed by atoms with E-state index in [4.69, 9.17) is 11.6 Å². The number of amides is 2. The average Bonchev–Trinajstić information content (AvgIpc) is 3.50. The highest BCUT2D eigenvalue weighted by atomic mass is 35.5. The van der Waals surface area contributed by atoms with Crippen molar-refractivity contribution in [1.82, 2.24) is 20.0 Å². The molecule has 0 bridgehead atoms. The van der Waals surface area contributed by atoms with Crippen LogP contribution in [0.4, 0.5) is 17.1 Å². The maximum absolute atomic E-state index is 13.1. The SMILES string of the molecule is O=C(CCc1ccc2c(c1)[nH]c1ccncc12)NCCCCCCC(=O)Nc1ccc(S(=O)(=O)NCCCN2c3ccccc3CCc3ccc(Cl)cc32)cc1. The third kappa shape index (κ3) is 9.76. The second-order valence-electron chi connectivity index (χ2n) is 14.3. The van der Waals surface area contributed by atoms with Crippen LogP contribution in [0.1, 0.15) is 61.6 Å². The molecule has 2 aromatic heterocycles. The molecule has 10 nitrogen and oxygen atoms in total. The predicted molar refractivity (Wildman–Crippen MR) is 225 cm³/mol. The number of H-pyrrole nitrogens is 1. The summed E-state index contributed by atoms with van der Waals surface area (Å²) in [6, 6.07) is 28.8. The van der Waals surface area contributed by atoms with Gasteiger partial charge in [0, 0.05) is 88.8 Å². The van der Waals surface area contributed by atoms with Gasteiger partial charge in [-0.25, -0.2) is 13.1 Å². The lowest BCUT2D eigenvalue weighted by Crippen LogP contribution is -2.28. The van der Waals surface area contributed by atoms with Crippen molar-refractivity contribution in [3.63, 3.8) is 0 Å². The van der Waals surface area contributed by atoms with Gasteiger partial charge in [-0.1, -0.05) is 60.8 Å². The van der Waals surface area contributed by atoms with Crippen LogP contribution in [0.25, 0.3) is 21.8 Å². The predicted octanol–water partition coefficient (Wildman–Crippen LogP) is 8.61. The monoisotopic (exact) mass is 790 g/mol. The van der Waals surface area contributed by atoms with Gasteiger partial charge in [0.05, 0.1) is 4.90 Å². The minimum Gasteiger partial charge on any atom is -0.356 e. The molecule has 7 rings (SSSR count). The summed E-state index contributed by atoms with van der Waals surface area (Å²) in [4.78, 5) is 35.0. The van der Waals surface area contributed by atoms with Crippen LogP contribution in [0.2, 0.25) is 5.02 Å². The second kappa shape index (κ2) is 18.1. The molecular formula is C44H47ClN6O4S. The molecule has 4 N–H and O–H groups in total. The van der Waals surface area contributed by atoms with Crippen LogP contribution in [0.5, 0.6) is 0 Å². The van der Waals surface area contributed by atoms with Crippen molar-refractivity contribution in [2.45, 2.75) is 69.1 Å². The zero-order chi connectivity index (χ0) is 38.9. The van der Waals surface area contributed by atoms with E-state index in [9.17, 15) is 18.0 Å². The molecule has 0 saturated carbocycles. The topological polar surface area (TPSA) is 136 Å². The Kier molecular flexibility index (Phi) is 12.6. The molecule has 4 aromatic carbocycles. The molecule has 0 spiro atoms. The summed E-state index contributed by atoms with van der Waals surface area (Å²) in [5.41, 5.74) is 8.42. The molecule has 6 aromatic rings. The maximum atomic E-state index is 13.1. The number of fused-ring (bicyclic) bond motifs is 5. The lowest BCUT2D eigenvalue weighted by molar-refractivity contribution is -0.121. The number of hydrogen-bond acceptors (Lipinski definition) is 6. The fourth-order valence-electron chi connectivity index (χ4n) is 7.38. The number of benzene rings is 4. The van der Waals surface area contributed by atoms with Gasteiger partial charge in [0.15, 0.2) is 0 Å². The van der Waals surface area contributed by atoms with Crippen LogP contribution in [0, 0.1) is 0 Å². The summed E-state index contributed by atoms with van der Waals surface area (Å²) in [6.07, 6.45) is 10.9. The Morgan fingerprint density at radius 2 is 1.55 bits per heavy atom. The number of hydrogen-bond donors (Lipinski definition) is 4. The van der Waals surface area contributed by atoms with E-state index in [-0.39, 0.29) is 23.3 Å². The first-order valence-corrected chi connectivity index (χ1v) is 21.2. The highest BCUT2D eigenvalue weighted by Crippen LogP contribution is 2.37. The molecule has 0 fully saturated rings. The van der Waals surface area contributed by atoms with E-state index in [1.165, 1.54) is 23.3 Å². The van der Waals surface area contributed by atoms with E-state index in [1.807, 2.05) is 36.5 Å². The summed E-state index contributed by atoms with van der Waals surface area (Å²) in [5, 5.41) is 8.77. The Morgan fingerprint density at radius 3 is 2.41 bits per heavy atom. The lowest BCUT2D eigenvalue weighted by atomic mass is 10.0. The number of carbonyl (C=O) groups excluding carboxylic acids is 2. The molecule has 0 radical (unpaired) electrons. The van der Waals surface area contributed by atoms with Gasteiger partial charge in [0.2, 0.25) is 21.8 Å². The van der Waals surface area contributed by atoms with Crippen molar-refractivity contribution in [2.24, 2.45) is 0 Å². The van der Waals surface area contributed by atoms with E-state index >= 15 is 0 Å². The second-order valence-corrected chi connectivity index (χ2v) is 16.5. The van der Waals surface area contributed by atoms with Gasteiger partial charge < -0.3 is 20.5 Å². The van der Waals surface area contributed by atoms with Crippen molar-refractivity contribution < 1.29 is 18.0 Å². The molecule has 56 heavy (non-hydrogen) atoms. The third-order valence-electron chi connectivity index (χ3n) is 10.3. The normalized spacial score (nSPS) is 12.6. The number of aryl methyl sites for hydroxylation is 3. The quantitative estimate of drug-likeness (QED) is 0.0684. The first-order chi connectivity index (χ1) is 27.2. The van der Waals surface area contributed by atoms with E-state index in [0.717, 1.165) is 77.3 Å².